The second kappa shape index (κ2) is 6.86. The number of hydrogen-bond donors (Lipinski definition) is 3. The Balaban J connectivity index is 2.65. The molecule has 1 aromatic heterocycles. The van der Waals surface area contributed by atoms with Gasteiger partial charge in [-0.1, -0.05) is 13.8 Å². The molecule has 3 N–H and O–H groups in total. The fraction of sp³-hybridized carbons (Fsp3) is 0.583. The smallest absolute Gasteiger partial charge is 0.242 e. The van der Waals surface area contributed by atoms with Crippen LogP contribution >= 0.6 is 0 Å². The standard InChI is InChI=1S/C12H20FN5O/c1-7(2)5-15-11(19)8(3)17-10-9(13)6-16-12(14-4)18-10/h6-8H,5H2,1-4H3,(H,15,19)(H2,14,16,17,18). The van der Waals surface area contributed by atoms with Crippen molar-refractivity contribution in [3.8, 4) is 0 Å². The number of amides is 1. The highest BCUT2D eigenvalue weighted by molar-refractivity contribution is 5.83. The maximum absolute atomic E-state index is 13.5. The van der Waals surface area contributed by atoms with Crippen LogP contribution in [0.15, 0.2) is 6.20 Å². The van der Waals surface area contributed by atoms with Crippen LogP contribution in [0, 0.1) is 11.7 Å². The minimum Gasteiger partial charge on any atom is -0.357 e. The van der Waals surface area contributed by atoms with Gasteiger partial charge < -0.3 is 16.0 Å². The average molecular weight is 269 g/mol. The van der Waals surface area contributed by atoms with Crippen LogP contribution in [-0.4, -0.2) is 35.5 Å². The number of aromatic nitrogens is 2. The summed E-state index contributed by atoms with van der Waals surface area (Å²) in [5, 5.41) is 8.21. The van der Waals surface area contributed by atoms with E-state index in [1.54, 1.807) is 14.0 Å². The van der Waals surface area contributed by atoms with Gasteiger partial charge in [0, 0.05) is 13.6 Å². The molecule has 6 nitrogen and oxygen atoms in total. The predicted molar refractivity (Wildman–Crippen MR) is 72.5 cm³/mol. The van der Waals surface area contributed by atoms with E-state index < -0.39 is 11.9 Å². The normalized spacial score (nSPS) is 12.1. The molecule has 19 heavy (non-hydrogen) atoms. The lowest BCUT2D eigenvalue weighted by molar-refractivity contribution is -0.121. The summed E-state index contributed by atoms with van der Waals surface area (Å²) in [6.07, 6.45) is 1.06. The molecule has 0 aliphatic carbocycles. The van der Waals surface area contributed by atoms with Crippen molar-refractivity contribution in [1.82, 2.24) is 15.3 Å². The van der Waals surface area contributed by atoms with Crippen LogP contribution in [0.4, 0.5) is 16.2 Å². The Morgan fingerprint density at radius 3 is 2.68 bits per heavy atom. The number of rotatable bonds is 6. The van der Waals surface area contributed by atoms with E-state index in [1.165, 1.54) is 0 Å². The predicted octanol–water partition coefficient (Wildman–Crippen LogP) is 1.23. The molecule has 1 heterocycles. The number of anilines is 2. The Morgan fingerprint density at radius 2 is 2.11 bits per heavy atom. The highest BCUT2D eigenvalue weighted by Crippen LogP contribution is 2.12. The maximum Gasteiger partial charge on any atom is 0.242 e. The average Bonchev–Trinajstić information content (AvgIpc) is 2.38. The number of hydrogen-bond acceptors (Lipinski definition) is 5. The van der Waals surface area contributed by atoms with Crippen molar-refractivity contribution in [2.24, 2.45) is 5.92 Å². The molecular formula is C12H20FN5O. The molecule has 106 valence electrons. The third-order valence-electron chi connectivity index (χ3n) is 2.40. The molecule has 0 aliphatic rings. The first-order chi connectivity index (χ1) is 8.93. The van der Waals surface area contributed by atoms with Crippen molar-refractivity contribution in [1.29, 1.82) is 0 Å². The zero-order valence-electron chi connectivity index (χ0n) is 11.6. The summed E-state index contributed by atoms with van der Waals surface area (Å²) >= 11 is 0. The topological polar surface area (TPSA) is 78.9 Å². The van der Waals surface area contributed by atoms with Gasteiger partial charge in [0.25, 0.3) is 0 Å². The summed E-state index contributed by atoms with van der Waals surface area (Å²) < 4.78 is 13.5. The van der Waals surface area contributed by atoms with Crippen LogP contribution in [0.3, 0.4) is 0 Å². The molecule has 1 atom stereocenters. The van der Waals surface area contributed by atoms with Crippen molar-refractivity contribution >= 4 is 17.7 Å². The van der Waals surface area contributed by atoms with Crippen LogP contribution in [-0.2, 0) is 4.79 Å². The molecule has 0 radical (unpaired) electrons. The molecule has 0 saturated carbocycles. The molecule has 0 saturated heterocycles. The fourth-order valence-corrected chi connectivity index (χ4v) is 1.32. The first-order valence-corrected chi connectivity index (χ1v) is 6.18. The highest BCUT2D eigenvalue weighted by atomic mass is 19.1. The maximum atomic E-state index is 13.5. The van der Waals surface area contributed by atoms with Crippen molar-refractivity contribution in [3.63, 3.8) is 0 Å². The van der Waals surface area contributed by atoms with Crippen LogP contribution < -0.4 is 16.0 Å². The summed E-state index contributed by atoms with van der Waals surface area (Å²) in [6.45, 7) is 6.23. The summed E-state index contributed by atoms with van der Waals surface area (Å²) in [7, 11) is 1.63. The Labute approximate surface area is 112 Å². The SMILES string of the molecule is CNc1ncc(F)c(NC(C)C(=O)NCC(C)C)n1. The lowest BCUT2D eigenvalue weighted by Crippen LogP contribution is -2.39. The minimum atomic E-state index is -0.595. The third-order valence-corrected chi connectivity index (χ3v) is 2.40. The number of carbonyl (C=O) groups excluding carboxylic acids is 1. The van der Waals surface area contributed by atoms with Gasteiger partial charge in [0.1, 0.15) is 6.04 Å². The van der Waals surface area contributed by atoms with E-state index in [9.17, 15) is 9.18 Å². The molecule has 1 unspecified atom stereocenters. The van der Waals surface area contributed by atoms with Gasteiger partial charge in [-0.2, -0.15) is 4.98 Å². The van der Waals surface area contributed by atoms with E-state index >= 15 is 0 Å². The molecule has 0 spiro atoms. The molecule has 0 bridgehead atoms. The van der Waals surface area contributed by atoms with Crippen LogP contribution in [0.1, 0.15) is 20.8 Å². The van der Waals surface area contributed by atoms with Gasteiger partial charge in [-0.3, -0.25) is 4.79 Å². The van der Waals surface area contributed by atoms with Gasteiger partial charge in [0.15, 0.2) is 11.6 Å². The first kappa shape index (κ1) is 15.1. The molecule has 1 aromatic rings. The lowest BCUT2D eigenvalue weighted by atomic mass is 10.2. The van der Waals surface area contributed by atoms with Crippen LogP contribution in [0.5, 0.6) is 0 Å². The van der Waals surface area contributed by atoms with Crippen molar-refractivity contribution in [2.45, 2.75) is 26.8 Å². The van der Waals surface area contributed by atoms with E-state index in [4.69, 9.17) is 0 Å². The van der Waals surface area contributed by atoms with Crippen molar-refractivity contribution in [3.05, 3.63) is 12.0 Å². The van der Waals surface area contributed by atoms with Gasteiger partial charge in [0.2, 0.25) is 11.9 Å². The number of nitrogens with one attached hydrogen (secondary N) is 3. The first-order valence-electron chi connectivity index (χ1n) is 6.18. The van der Waals surface area contributed by atoms with Crippen LogP contribution in [0.2, 0.25) is 0 Å². The Hall–Kier alpha value is -1.92. The monoisotopic (exact) mass is 269 g/mol. The second-order valence-corrected chi connectivity index (χ2v) is 4.65. The Kier molecular flexibility index (Phi) is 5.47. The Morgan fingerprint density at radius 1 is 1.42 bits per heavy atom. The molecule has 7 heteroatoms. The molecule has 0 fully saturated rings. The van der Waals surface area contributed by atoms with Crippen LogP contribution in [0.25, 0.3) is 0 Å². The van der Waals surface area contributed by atoms with Gasteiger partial charge in [-0.05, 0) is 12.8 Å². The summed E-state index contributed by atoms with van der Waals surface area (Å²) in [5.74, 6) is -0.131. The summed E-state index contributed by atoms with van der Waals surface area (Å²) in [6, 6.07) is -0.576. The van der Waals surface area contributed by atoms with Crippen molar-refractivity contribution < 1.29 is 9.18 Å². The number of nitrogens with zero attached hydrogens (tertiary/aromatic N) is 2. The van der Waals surface area contributed by atoms with Crippen molar-refractivity contribution in [2.75, 3.05) is 24.2 Å². The zero-order valence-corrected chi connectivity index (χ0v) is 11.6. The fourth-order valence-electron chi connectivity index (χ4n) is 1.32. The molecule has 0 aromatic carbocycles. The molecule has 0 aliphatic heterocycles. The van der Waals surface area contributed by atoms with Gasteiger partial charge in [-0.25, -0.2) is 9.37 Å². The van der Waals surface area contributed by atoms with E-state index in [2.05, 4.69) is 25.9 Å². The van der Waals surface area contributed by atoms with E-state index in [0.29, 0.717) is 18.4 Å². The molecule has 1 amide bonds. The molecular weight excluding hydrogens is 249 g/mol. The zero-order chi connectivity index (χ0) is 14.4. The van der Waals surface area contributed by atoms with Gasteiger partial charge in [0.05, 0.1) is 6.20 Å². The van der Waals surface area contributed by atoms with E-state index in [0.717, 1.165) is 6.20 Å². The Bertz CT molecular complexity index is 438. The quantitative estimate of drug-likeness (QED) is 0.724. The second-order valence-electron chi connectivity index (χ2n) is 4.65. The third kappa shape index (κ3) is 4.69. The van der Waals surface area contributed by atoms with E-state index in [1.807, 2.05) is 13.8 Å². The van der Waals surface area contributed by atoms with Gasteiger partial charge >= 0.3 is 0 Å². The number of halogens is 1. The minimum absolute atomic E-state index is 0.00606. The molecule has 1 rings (SSSR count). The summed E-state index contributed by atoms with van der Waals surface area (Å²) in [5.41, 5.74) is 0. The van der Waals surface area contributed by atoms with E-state index in [-0.39, 0.29) is 11.7 Å². The largest absolute Gasteiger partial charge is 0.357 e. The summed E-state index contributed by atoms with van der Waals surface area (Å²) in [4.78, 5) is 19.4. The lowest BCUT2D eigenvalue weighted by Gasteiger charge is -2.16. The van der Waals surface area contributed by atoms with Gasteiger partial charge in [-0.15, -0.1) is 0 Å². The highest BCUT2D eigenvalue weighted by Gasteiger charge is 2.16. The number of carbonyl (C=O) groups is 1.